The van der Waals surface area contributed by atoms with Crippen molar-refractivity contribution in [3.8, 4) is 0 Å². The van der Waals surface area contributed by atoms with Gasteiger partial charge in [0.05, 0.1) is 31.8 Å². The van der Waals surface area contributed by atoms with Gasteiger partial charge >= 0.3 is 17.9 Å². The highest BCUT2D eigenvalue weighted by Crippen LogP contribution is 2.41. The van der Waals surface area contributed by atoms with Crippen LogP contribution in [0.25, 0.3) is 10.4 Å². The normalized spacial score (nSPS) is 23.0. The van der Waals surface area contributed by atoms with E-state index in [1.54, 1.807) is 42.5 Å². The average molecular weight is 1250 g/mol. The minimum absolute atomic E-state index is 0.103. The molecule has 2 fully saturated rings. The van der Waals surface area contributed by atoms with E-state index in [0.29, 0.717) is 11.1 Å². The molecule has 2 saturated heterocycles. The van der Waals surface area contributed by atoms with Crippen molar-refractivity contribution in [2.45, 2.75) is 131 Å². The summed E-state index contributed by atoms with van der Waals surface area (Å²) < 4.78 is 64.0. The number of azide groups is 1. The molecule has 430 valence electrons. The highest BCUT2D eigenvalue weighted by molar-refractivity contribution is 9.10. The quantitative estimate of drug-likeness (QED) is 0.00738. The Morgan fingerprint density at radius 1 is 0.654 bits per heavy atom. The van der Waals surface area contributed by atoms with Crippen LogP contribution in [0, 0.1) is 5.41 Å². The van der Waals surface area contributed by atoms with Gasteiger partial charge in [-0.25, -0.2) is 4.79 Å². The predicted octanol–water partition coefficient (Wildman–Crippen LogP) is 10.4. The van der Waals surface area contributed by atoms with Gasteiger partial charge in [0.25, 0.3) is 12.1 Å². The largest absolute Gasteiger partial charge is 0.463 e. The van der Waals surface area contributed by atoms with Crippen molar-refractivity contribution in [2.75, 3.05) is 13.2 Å². The zero-order chi connectivity index (χ0) is 58.3. The molecule has 2 heterocycles. The van der Waals surface area contributed by atoms with Crippen LogP contribution in [0.15, 0.2) is 155 Å². The van der Waals surface area contributed by atoms with Crippen molar-refractivity contribution in [1.29, 1.82) is 5.41 Å². The summed E-state index contributed by atoms with van der Waals surface area (Å²) in [5.74, 6) is -3.59. The lowest BCUT2D eigenvalue weighted by atomic mass is 9.95. The molecule has 1 unspecified atom stereocenters. The number of nitrogens with one attached hydrogen (secondary N) is 1. The smallest absolute Gasteiger partial charge is 0.338 e. The number of ketones is 1. The van der Waals surface area contributed by atoms with E-state index in [1.807, 2.05) is 91.0 Å². The first-order valence-electron chi connectivity index (χ1n) is 25.9. The number of halogens is 4. The van der Waals surface area contributed by atoms with Crippen LogP contribution in [-0.4, -0.2) is 116 Å². The second-order valence-corrected chi connectivity index (χ2v) is 27.7. The number of ether oxygens (including phenoxy) is 9. The monoisotopic (exact) mass is 1250 g/mol. The summed E-state index contributed by atoms with van der Waals surface area (Å²) in [6, 6.07) is 42.2. The summed E-state index contributed by atoms with van der Waals surface area (Å²) in [6.45, 7) is 7.62. The molecule has 2 aliphatic heterocycles. The van der Waals surface area contributed by atoms with Crippen molar-refractivity contribution in [2.24, 2.45) is 5.11 Å². The van der Waals surface area contributed by atoms with Gasteiger partial charge in [-0.05, 0) is 63.3 Å². The Morgan fingerprint density at radius 2 is 1.19 bits per heavy atom. The number of Topliss-reactive ketones (excluding diaryl/α,β-unsaturated/α-hetero) is 1. The van der Waals surface area contributed by atoms with Gasteiger partial charge in [-0.3, -0.25) is 15.0 Å². The maximum absolute atomic E-state index is 14.2. The van der Waals surface area contributed by atoms with Gasteiger partial charge in [-0.1, -0.05) is 198 Å². The van der Waals surface area contributed by atoms with Crippen LogP contribution in [0.2, 0.25) is 5.04 Å². The fourth-order valence-electron chi connectivity index (χ4n) is 9.54. The highest BCUT2D eigenvalue weighted by atomic mass is 79.9. The van der Waals surface area contributed by atoms with Gasteiger partial charge in [0.15, 0.2) is 18.5 Å². The third-order valence-corrected chi connectivity index (χ3v) is 19.4. The van der Waals surface area contributed by atoms with Crippen LogP contribution in [-0.2, 0) is 74.7 Å². The predicted molar refractivity (Wildman–Crippen MR) is 308 cm³/mol. The van der Waals surface area contributed by atoms with Crippen LogP contribution in [0.1, 0.15) is 68.9 Å². The Kier molecular flexibility index (Phi) is 22.5. The molecule has 0 aromatic heterocycles. The third-order valence-electron chi connectivity index (χ3n) is 13.3. The van der Waals surface area contributed by atoms with Crippen LogP contribution in [0.4, 0.5) is 0 Å². The first kappa shape index (κ1) is 62.9. The van der Waals surface area contributed by atoms with Crippen molar-refractivity contribution < 1.29 is 66.2 Å². The molecular weight excluding hydrogens is 1190 g/mol. The van der Waals surface area contributed by atoms with Crippen molar-refractivity contribution in [3.63, 3.8) is 0 Å². The SMILES string of the molecule is CC(=O)CCC(=O)O[C@H]1[C@H](OCc2ccc(Br)cc2)[C@@H](N=[N+]=[N-])[C@@H](O[C@H]2[C@H](OCc3ccccc3)[C@@H](OC(=O)c3ccccc3)C(OC(=N)C(Cl)(Cl)Cl)O[C@H]2COC(C)=O)O[C@@H]1CO[Si](c1ccccc1)(c1ccccc1)C(C)(C)C. The molecule has 2 aliphatic rings. The summed E-state index contributed by atoms with van der Waals surface area (Å²) in [4.78, 5) is 56.5. The van der Waals surface area contributed by atoms with Gasteiger partial charge < -0.3 is 51.9 Å². The van der Waals surface area contributed by atoms with Gasteiger partial charge in [-0.2, -0.15) is 0 Å². The van der Waals surface area contributed by atoms with Crippen LogP contribution in [0.5, 0.6) is 0 Å². The zero-order valence-electron chi connectivity index (χ0n) is 44.9. The molecule has 0 amide bonds. The van der Waals surface area contributed by atoms with E-state index in [0.717, 1.165) is 14.8 Å². The van der Waals surface area contributed by atoms with Crippen molar-refractivity contribution in [1.82, 2.24) is 0 Å². The van der Waals surface area contributed by atoms with Crippen LogP contribution in [0.3, 0.4) is 0 Å². The molecule has 18 nitrogen and oxygen atoms in total. The number of benzene rings is 5. The van der Waals surface area contributed by atoms with E-state index in [4.69, 9.17) is 87.3 Å². The maximum Gasteiger partial charge on any atom is 0.338 e. The number of alkyl halides is 3. The fourth-order valence-corrected chi connectivity index (χ4v) is 14.5. The molecular formula is C58H62BrCl3N4O14Si. The summed E-state index contributed by atoms with van der Waals surface area (Å²) >= 11 is 22.0. The lowest BCUT2D eigenvalue weighted by molar-refractivity contribution is -0.344. The number of nitrogens with zero attached hydrogens (tertiary/aromatic N) is 3. The topological polar surface area (TPSA) is 233 Å². The lowest BCUT2D eigenvalue weighted by Crippen LogP contribution is -2.69. The molecule has 10 atom stereocenters. The summed E-state index contributed by atoms with van der Waals surface area (Å²) in [7, 11) is -3.43. The van der Waals surface area contributed by atoms with E-state index < -0.39 is 109 Å². The lowest BCUT2D eigenvalue weighted by Gasteiger charge is -2.50. The molecule has 1 N–H and O–H groups in total. The summed E-state index contributed by atoms with van der Waals surface area (Å²) in [5.41, 5.74) is 11.9. The Balaban J connectivity index is 1.41. The van der Waals surface area contributed by atoms with Crippen LogP contribution < -0.4 is 10.4 Å². The molecule has 0 radical (unpaired) electrons. The highest BCUT2D eigenvalue weighted by Gasteiger charge is 2.58. The molecule has 0 saturated carbocycles. The van der Waals surface area contributed by atoms with E-state index in [9.17, 15) is 24.7 Å². The Morgan fingerprint density at radius 3 is 1.73 bits per heavy atom. The van der Waals surface area contributed by atoms with Gasteiger partial charge in [0, 0.05) is 22.7 Å². The number of hydrogen-bond donors (Lipinski definition) is 1. The number of rotatable bonds is 23. The third kappa shape index (κ3) is 16.7. The van der Waals surface area contributed by atoms with E-state index in [2.05, 4.69) is 46.7 Å². The molecule has 81 heavy (non-hydrogen) atoms. The van der Waals surface area contributed by atoms with Crippen molar-refractivity contribution >= 4 is 99.0 Å². The van der Waals surface area contributed by atoms with Gasteiger partial charge in [0.1, 0.15) is 49.0 Å². The number of hydrogen-bond acceptors (Lipinski definition) is 16. The van der Waals surface area contributed by atoms with E-state index in [1.165, 1.54) is 26.0 Å². The second-order valence-electron chi connectivity index (χ2n) is 20.2. The summed E-state index contributed by atoms with van der Waals surface area (Å²) in [5, 5.41) is 14.1. The Bertz CT molecular complexity index is 2900. The minimum Gasteiger partial charge on any atom is -0.463 e. The molecule has 23 heteroatoms. The Hall–Kier alpha value is -5.71. The molecule has 5 aromatic rings. The second kappa shape index (κ2) is 29.0. The number of esters is 3. The van der Waals surface area contributed by atoms with Crippen molar-refractivity contribution in [3.05, 3.63) is 177 Å². The molecule has 7 rings (SSSR count). The molecule has 0 aliphatic carbocycles. The average Bonchev–Trinajstić information content (AvgIpc) is 3.50. The standard InChI is InChI=1S/C58H62BrCl3N4O14Si/c1-36(67)26-31-46(69)77-48-45(35-74-81(57(3,4)5,42-22-14-8-15-23-42)43-24-16-9-17-25-43)75-54(47(65-66-64)50(48)72-33-39-27-29-41(59)30-28-39)79-49-44(34-71-37(2)68)76-55(80-56(63)58(60,61)62)52(78-53(70)40-20-12-7-13-21-40)51(49)73-32-38-18-10-6-11-19-38/h6-25,27-30,44-45,47-52,54-55,63H,26,31-35H2,1-5H3/t44-,45+,47+,48+,49+,50+,51-,52+,54+,55?/m0/s1. The first-order valence-corrected chi connectivity index (χ1v) is 29.7. The van der Waals surface area contributed by atoms with Crippen LogP contribution >= 0.6 is 50.7 Å². The molecule has 5 aromatic carbocycles. The maximum atomic E-state index is 14.2. The minimum atomic E-state index is -3.43. The first-order chi connectivity index (χ1) is 38.7. The number of carbonyl (C=O) groups is 4. The van der Waals surface area contributed by atoms with E-state index in [-0.39, 0.29) is 44.0 Å². The molecule has 0 spiro atoms. The fraction of sp³-hybridized carbons (Fsp3) is 0.397. The zero-order valence-corrected chi connectivity index (χ0v) is 49.8. The Labute approximate surface area is 494 Å². The number of carbonyl (C=O) groups excluding carboxylic acids is 4. The molecule has 0 bridgehead atoms. The van der Waals surface area contributed by atoms with Gasteiger partial charge in [0.2, 0.25) is 12.2 Å². The summed E-state index contributed by atoms with van der Waals surface area (Å²) in [6.07, 6.45) is -14.3. The van der Waals surface area contributed by atoms with E-state index >= 15 is 0 Å². The van der Waals surface area contributed by atoms with Gasteiger partial charge in [-0.15, -0.1) is 0 Å².